The van der Waals surface area contributed by atoms with E-state index in [1.165, 1.54) is 6.08 Å². The zero-order valence-corrected chi connectivity index (χ0v) is 10.5. The van der Waals surface area contributed by atoms with E-state index >= 15 is 0 Å². The molecular formula is C13H15N5O. The number of rotatable bonds is 3. The molecule has 2 aromatic heterocycles. The highest BCUT2D eigenvalue weighted by molar-refractivity contribution is 5.87. The van der Waals surface area contributed by atoms with Gasteiger partial charge in [-0.15, -0.1) is 0 Å². The molecular weight excluding hydrogens is 242 g/mol. The molecule has 2 N–H and O–H groups in total. The second-order valence-corrected chi connectivity index (χ2v) is 4.58. The summed E-state index contributed by atoms with van der Waals surface area (Å²) in [6.07, 6.45) is 5.79. The van der Waals surface area contributed by atoms with E-state index in [1.54, 1.807) is 6.20 Å². The fourth-order valence-corrected chi connectivity index (χ4v) is 2.32. The van der Waals surface area contributed by atoms with E-state index in [9.17, 15) is 4.79 Å². The second kappa shape index (κ2) is 4.72. The van der Waals surface area contributed by atoms with E-state index in [2.05, 4.69) is 31.7 Å². The van der Waals surface area contributed by atoms with Crippen molar-refractivity contribution in [3.05, 3.63) is 31.1 Å². The maximum absolute atomic E-state index is 11.3. The molecule has 0 aromatic carbocycles. The molecule has 6 heteroatoms. The van der Waals surface area contributed by atoms with Crippen molar-refractivity contribution in [3.63, 3.8) is 0 Å². The first kappa shape index (κ1) is 11.7. The number of aromatic amines is 1. The molecule has 19 heavy (non-hydrogen) atoms. The van der Waals surface area contributed by atoms with Crippen LogP contribution >= 0.6 is 0 Å². The van der Waals surface area contributed by atoms with Crippen molar-refractivity contribution in [2.24, 2.45) is 0 Å². The van der Waals surface area contributed by atoms with Crippen molar-refractivity contribution in [3.8, 4) is 0 Å². The van der Waals surface area contributed by atoms with Gasteiger partial charge in [-0.05, 0) is 18.6 Å². The summed E-state index contributed by atoms with van der Waals surface area (Å²) in [5.41, 5.74) is 1.65. The van der Waals surface area contributed by atoms with Crippen LogP contribution in [0.25, 0.3) is 11.2 Å². The lowest BCUT2D eigenvalue weighted by Crippen LogP contribution is -2.36. The smallest absolute Gasteiger partial charge is 0.243 e. The number of fused-ring (bicyclic) bond motifs is 1. The van der Waals surface area contributed by atoms with Crippen LogP contribution in [-0.2, 0) is 4.79 Å². The molecule has 1 aliphatic rings. The zero-order chi connectivity index (χ0) is 13.2. The van der Waals surface area contributed by atoms with Crippen molar-refractivity contribution >= 4 is 22.9 Å². The lowest BCUT2D eigenvalue weighted by molar-refractivity contribution is -0.117. The van der Waals surface area contributed by atoms with Crippen molar-refractivity contribution in [1.29, 1.82) is 0 Å². The summed E-state index contributed by atoms with van der Waals surface area (Å²) < 4.78 is 0. The summed E-state index contributed by atoms with van der Waals surface area (Å²) in [5.74, 6) is 0.724. The van der Waals surface area contributed by atoms with Gasteiger partial charge in [0.25, 0.3) is 0 Å². The first-order valence-corrected chi connectivity index (χ1v) is 6.24. The summed E-state index contributed by atoms with van der Waals surface area (Å²) in [6.45, 7) is 5.08. The molecule has 3 rings (SSSR count). The fraction of sp³-hybridized carbons (Fsp3) is 0.308. The minimum absolute atomic E-state index is 0.126. The van der Waals surface area contributed by atoms with Gasteiger partial charge < -0.3 is 15.2 Å². The highest BCUT2D eigenvalue weighted by atomic mass is 16.1. The van der Waals surface area contributed by atoms with E-state index in [-0.39, 0.29) is 11.9 Å². The fourth-order valence-electron chi connectivity index (χ4n) is 2.32. The summed E-state index contributed by atoms with van der Waals surface area (Å²) in [7, 11) is 0. The average molecular weight is 257 g/mol. The Bertz CT molecular complexity index is 620. The normalized spacial score (nSPS) is 18.7. The Hall–Kier alpha value is -2.37. The van der Waals surface area contributed by atoms with E-state index < -0.39 is 0 Å². The minimum atomic E-state index is -0.126. The van der Waals surface area contributed by atoms with Crippen LogP contribution in [0.3, 0.4) is 0 Å². The molecule has 1 atom stereocenters. The van der Waals surface area contributed by atoms with Crippen LogP contribution in [0.5, 0.6) is 0 Å². The molecule has 0 spiro atoms. The maximum Gasteiger partial charge on any atom is 0.243 e. The first-order valence-electron chi connectivity index (χ1n) is 6.24. The minimum Gasteiger partial charge on any atom is -0.353 e. The number of hydrogen-bond acceptors (Lipinski definition) is 4. The Morgan fingerprint density at radius 3 is 3.37 bits per heavy atom. The Balaban J connectivity index is 1.73. The largest absolute Gasteiger partial charge is 0.353 e. The summed E-state index contributed by atoms with van der Waals surface area (Å²) in [4.78, 5) is 25.3. The van der Waals surface area contributed by atoms with E-state index in [4.69, 9.17) is 0 Å². The van der Waals surface area contributed by atoms with Gasteiger partial charge in [0.15, 0.2) is 5.65 Å². The van der Waals surface area contributed by atoms with Crippen molar-refractivity contribution < 1.29 is 4.79 Å². The van der Waals surface area contributed by atoms with Crippen LogP contribution < -0.4 is 10.2 Å². The van der Waals surface area contributed by atoms with Crippen molar-refractivity contribution in [2.75, 3.05) is 18.0 Å². The highest BCUT2D eigenvalue weighted by Crippen LogP contribution is 2.19. The molecule has 1 fully saturated rings. The van der Waals surface area contributed by atoms with Gasteiger partial charge in [-0.25, -0.2) is 9.97 Å². The third-order valence-corrected chi connectivity index (χ3v) is 3.29. The highest BCUT2D eigenvalue weighted by Gasteiger charge is 2.24. The van der Waals surface area contributed by atoms with Gasteiger partial charge in [-0.3, -0.25) is 4.79 Å². The Morgan fingerprint density at radius 1 is 1.63 bits per heavy atom. The Kier molecular flexibility index (Phi) is 2.91. The number of nitrogens with one attached hydrogen (secondary N) is 2. The lowest BCUT2D eigenvalue weighted by Gasteiger charge is -2.17. The zero-order valence-electron chi connectivity index (χ0n) is 10.5. The maximum atomic E-state index is 11.3. The number of carbonyl (C=O) groups is 1. The van der Waals surface area contributed by atoms with Crippen LogP contribution in [-0.4, -0.2) is 40.0 Å². The van der Waals surface area contributed by atoms with E-state index in [0.29, 0.717) is 0 Å². The van der Waals surface area contributed by atoms with Crippen LogP contribution in [0.4, 0.5) is 5.82 Å². The molecule has 0 saturated carbocycles. The molecule has 3 heterocycles. The van der Waals surface area contributed by atoms with Crippen molar-refractivity contribution in [1.82, 2.24) is 20.3 Å². The summed E-state index contributed by atoms with van der Waals surface area (Å²) in [5, 5.41) is 2.91. The van der Waals surface area contributed by atoms with Gasteiger partial charge in [0, 0.05) is 25.3 Å². The molecule has 2 aromatic rings. The van der Waals surface area contributed by atoms with Crippen LogP contribution in [0.1, 0.15) is 6.42 Å². The molecule has 1 amide bonds. The van der Waals surface area contributed by atoms with Crippen LogP contribution in [0.2, 0.25) is 0 Å². The molecule has 0 aliphatic carbocycles. The number of nitrogens with zero attached hydrogens (tertiary/aromatic N) is 3. The van der Waals surface area contributed by atoms with Crippen LogP contribution in [0, 0.1) is 0 Å². The molecule has 98 valence electrons. The third-order valence-electron chi connectivity index (χ3n) is 3.29. The van der Waals surface area contributed by atoms with Gasteiger partial charge in [0.05, 0.1) is 6.20 Å². The Morgan fingerprint density at radius 2 is 2.53 bits per heavy atom. The molecule has 1 saturated heterocycles. The monoisotopic (exact) mass is 257 g/mol. The van der Waals surface area contributed by atoms with E-state index in [0.717, 1.165) is 36.5 Å². The first-order chi connectivity index (χ1) is 9.26. The van der Waals surface area contributed by atoms with E-state index in [1.807, 2.05) is 12.3 Å². The standard InChI is InChI=1S/C13H15N5O/c1-2-12(19)16-9-4-6-18(8-9)11-7-15-13-10(17-11)3-5-14-13/h2-3,5,7,9H,1,4,6,8H2,(H,14,15)(H,16,19). The summed E-state index contributed by atoms with van der Waals surface area (Å²) >= 11 is 0. The number of amides is 1. The van der Waals surface area contributed by atoms with Gasteiger partial charge in [-0.2, -0.15) is 0 Å². The topological polar surface area (TPSA) is 73.9 Å². The molecule has 1 aliphatic heterocycles. The average Bonchev–Trinajstić information content (AvgIpc) is 3.05. The Labute approximate surface area is 110 Å². The van der Waals surface area contributed by atoms with Gasteiger partial charge >= 0.3 is 0 Å². The molecule has 1 unspecified atom stereocenters. The number of anilines is 1. The molecule has 0 bridgehead atoms. The van der Waals surface area contributed by atoms with Gasteiger partial charge in [0.1, 0.15) is 11.3 Å². The predicted octanol–water partition coefficient (Wildman–Crippen LogP) is 0.839. The van der Waals surface area contributed by atoms with Gasteiger partial charge in [0.2, 0.25) is 5.91 Å². The lowest BCUT2D eigenvalue weighted by atomic mass is 10.2. The molecule has 6 nitrogen and oxygen atoms in total. The quantitative estimate of drug-likeness (QED) is 0.799. The van der Waals surface area contributed by atoms with Gasteiger partial charge in [-0.1, -0.05) is 6.58 Å². The third kappa shape index (κ3) is 2.29. The second-order valence-electron chi connectivity index (χ2n) is 4.58. The number of H-pyrrole nitrogens is 1. The summed E-state index contributed by atoms with van der Waals surface area (Å²) in [6, 6.07) is 2.05. The number of aromatic nitrogens is 3. The van der Waals surface area contributed by atoms with Crippen LogP contribution in [0.15, 0.2) is 31.1 Å². The SMILES string of the molecule is C=CC(=O)NC1CCN(c2cnc3[nH]ccc3n2)C1. The predicted molar refractivity (Wildman–Crippen MR) is 72.8 cm³/mol. The number of hydrogen-bond donors (Lipinski definition) is 2. The number of carbonyl (C=O) groups excluding carboxylic acids is 1. The van der Waals surface area contributed by atoms with Crippen molar-refractivity contribution in [2.45, 2.75) is 12.5 Å². The molecule has 0 radical (unpaired) electrons.